The summed E-state index contributed by atoms with van der Waals surface area (Å²) >= 11 is 0. The van der Waals surface area contributed by atoms with E-state index in [0.717, 1.165) is 12.8 Å². The van der Waals surface area contributed by atoms with Crippen LogP contribution in [0.1, 0.15) is 36.5 Å². The van der Waals surface area contributed by atoms with Gasteiger partial charge in [-0.3, -0.25) is 9.59 Å². The lowest BCUT2D eigenvalue weighted by Gasteiger charge is -2.42. The Bertz CT molecular complexity index is 588. The first-order valence-electron chi connectivity index (χ1n) is 7.40. The molecule has 2 saturated heterocycles. The van der Waals surface area contributed by atoms with Crippen molar-refractivity contribution in [1.29, 1.82) is 0 Å². The lowest BCUT2D eigenvalue weighted by molar-refractivity contribution is -0.124. The summed E-state index contributed by atoms with van der Waals surface area (Å²) in [6.07, 6.45) is 2.16. The Morgan fingerprint density at radius 2 is 2.19 bits per heavy atom. The average molecular weight is 290 g/mol. The number of halogens is 1. The number of amides is 1. The molecule has 4 nitrogen and oxygen atoms in total. The van der Waals surface area contributed by atoms with Crippen molar-refractivity contribution < 1.29 is 14.0 Å². The van der Waals surface area contributed by atoms with Crippen LogP contribution in [0.5, 0.6) is 0 Å². The van der Waals surface area contributed by atoms with Gasteiger partial charge in [0, 0.05) is 31.1 Å². The van der Waals surface area contributed by atoms with E-state index in [2.05, 4.69) is 5.32 Å². The molecule has 2 atom stereocenters. The van der Waals surface area contributed by atoms with E-state index in [1.54, 1.807) is 12.1 Å². The molecule has 1 amide bonds. The zero-order valence-corrected chi connectivity index (χ0v) is 12.1. The molecule has 0 aliphatic carbocycles. The number of rotatable bonds is 2. The molecule has 2 unspecified atom stereocenters. The SMILES string of the molecule is CC(=O)c1cccc(F)c1N1CCC2NC(=O)CCC2C1. The van der Waals surface area contributed by atoms with Crippen molar-refractivity contribution in [3.05, 3.63) is 29.6 Å². The topological polar surface area (TPSA) is 49.4 Å². The number of benzene rings is 1. The molecule has 0 saturated carbocycles. The minimum atomic E-state index is -0.346. The van der Waals surface area contributed by atoms with Crippen LogP contribution in [0.3, 0.4) is 0 Å². The predicted octanol–water partition coefficient (Wildman–Crippen LogP) is 2.13. The van der Waals surface area contributed by atoms with E-state index in [4.69, 9.17) is 0 Å². The second kappa shape index (κ2) is 5.47. The number of hydrogen-bond donors (Lipinski definition) is 1. The van der Waals surface area contributed by atoms with Crippen molar-refractivity contribution in [2.45, 2.75) is 32.2 Å². The van der Waals surface area contributed by atoms with Gasteiger partial charge in [0.1, 0.15) is 5.82 Å². The molecule has 0 spiro atoms. The first-order chi connectivity index (χ1) is 10.1. The molecule has 112 valence electrons. The van der Waals surface area contributed by atoms with E-state index < -0.39 is 0 Å². The van der Waals surface area contributed by atoms with Crippen LogP contribution in [0.25, 0.3) is 0 Å². The molecular formula is C16H19FN2O2. The quantitative estimate of drug-likeness (QED) is 0.849. The maximum Gasteiger partial charge on any atom is 0.220 e. The molecule has 1 aromatic rings. The van der Waals surface area contributed by atoms with Crippen LogP contribution in [0.2, 0.25) is 0 Å². The van der Waals surface area contributed by atoms with Gasteiger partial charge in [-0.25, -0.2) is 4.39 Å². The highest BCUT2D eigenvalue weighted by Gasteiger charge is 2.35. The number of carbonyl (C=O) groups is 2. The van der Waals surface area contributed by atoms with Gasteiger partial charge in [0.05, 0.1) is 5.69 Å². The average Bonchev–Trinajstić information content (AvgIpc) is 2.46. The molecule has 2 aliphatic heterocycles. The van der Waals surface area contributed by atoms with Gasteiger partial charge < -0.3 is 10.2 Å². The van der Waals surface area contributed by atoms with Crippen LogP contribution in [-0.4, -0.2) is 30.8 Å². The van der Waals surface area contributed by atoms with E-state index in [1.165, 1.54) is 13.0 Å². The molecule has 3 rings (SSSR count). The third kappa shape index (κ3) is 2.64. The fourth-order valence-electron chi connectivity index (χ4n) is 3.43. The van der Waals surface area contributed by atoms with Crippen molar-refractivity contribution in [3.63, 3.8) is 0 Å². The minimum Gasteiger partial charge on any atom is -0.368 e. The Balaban J connectivity index is 1.86. The largest absolute Gasteiger partial charge is 0.368 e. The van der Waals surface area contributed by atoms with Gasteiger partial charge in [-0.2, -0.15) is 0 Å². The van der Waals surface area contributed by atoms with Crippen molar-refractivity contribution in [3.8, 4) is 0 Å². The molecule has 2 fully saturated rings. The number of hydrogen-bond acceptors (Lipinski definition) is 3. The predicted molar refractivity (Wildman–Crippen MR) is 77.9 cm³/mol. The molecule has 21 heavy (non-hydrogen) atoms. The fraction of sp³-hybridized carbons (Fsp3) is 0.500. The van der Waals surface area contributed by atoms with Crippen LogP contribution >= 0.6 is 0 Å². The molecule has 2 heterocycles. The zero-order chi connectivity index (χ0) is 15.0. The summed E-state index contributed by atoms with van der Waals surface area (Å²) in [5.41, 5.74) is 0.855. The van der Waals surface area contributed by atoms with Crippen LogP contribution < -0.4 is 10.2 Å². The van der Waals surface area contributed by atoms with E-state index in [-0.39, 0.29) is 23.5 Å². The van der Waals surface area contributed by atoms with Crippen LogP contribution in [0.4, 0.5) is 10.1 Å². The van der Waals surface area contributed by atoms with Crippen molar-refractivity contribution in [2.75, 3.05) is 18.0 Å². The summed E-state index contributed by atoms with van der Waals surface area (Å²) in [4.78, 5) is 25.1. The van der Waals surface area contributed by atoms with Gasteiger partial charge in [0.25, 0.3) is 0 Å². The highest BCUT2D eigenvalue weighted by Crippen LogP contribution is 2.32. The summed E-state index contributed by atoms with van der Waals surface area (Å²) < 4.78 is 14.2. The Kier molecular flexibility index (Phi) is 3.66. The number of nitrogens with one attached hydrogen (secondary N) is 1. The first kappa shape index (κ1) is 14.0. The number of carbonyl (C=O) groups excluding carboxylic acids is 2. The molecule has 0 radical (unpaired) electrons. The monoisotopic (exact) mass is 290 g/mol. The lowest BCUT2D eigenvalue weighted by Crippen LogP contribution is -2.54. The second-order valence-corrected chi connectivity index (χ2v) is 5.90. The molecule has 0 bridgehead atoms. The summed E-state index contributed by atoms with van der Waals surface area (Å²) in [5.74, 6) is -0.0274. The first-order valence-corrected chi connectivity index (χ1v) is 7.40. The van der Waals surface area contributed by atoms with E-state index in [9.17, 15) is 14.0 Å². The molecule has 2 aliphatic rings. The fourth-order valence-corrected chi connectivity index (χ4v) is 3.43. The molecule has 1 N–H and O–H groups in total. The maximum atomic E-state index is 14.2. The number of piperidine rings is 2. The van der Waals surface area contributed by atoms with Gasteiger partial charge in [-0.1, -0.05) is 6.07 Å². The standard InChI is InChI=1S/C16H19FN2O2/c1-10(20)12-3-2-4-13(17)16(12)19-8-7-14-11(9-19)5-6-15(21)18-14/h2-4,11,14H,5-9H2,1H3,(H,18,21). The number of nitrogens with zero attached hydrogens (tertiary/aromatic N) is 1. The Labute approximate surface area is 123 Å². The lowest BCUT2D eigenvalue weighted by atomic mass is 9.84. The van der Waals surface area contributed by atoms with Gasteiger partial charge in [-0.05, 0) is 37.8 Å². The molecule has 5 heteroatoms. The normalized spacial score (nSPS) is 25.2. The number of Topliss-reactive ketones (excluding diaryl/α,β-unsaturated/α-hetero) is 1. The number of ketones is 1. The zero-order valence-electron chi connectivity index (χ0n) is 12.1. The van der Waals surface area contributed by atoms with Crippen LogP contribution in [-0.2, 0) is 4.79 Å². The summed E-state index contributed by atoms with van der Waals surface area (Å²) in [6.45, 7) is 2.81. The van der Waals surface area contributed by atoms with Gasteiger partial charge in [-0.15, -0.1) is 0 Å². The van der Waals surface area contributed by atoms with E-state index in [1.807, 2.05) is 4.90 Å². The van der Waals surface area contributed by atoms with E-state index >= 15 is 0 Å². The maximum absolute atomic E-state index is 14.2. The van der Waals surface area contributed by atoms with Crippen LogP contribution in [0, 0.1) is 11.7 Å². The van der Waals surface area contributed by atoms with Gasteiger partial charge in [0.15, 0.2) is 5.78 Å². The number of para-hydroxylation sites is 1. The Hall–Kier alpha value is -1.91. The number of fused-ring (bicyclic) bond motifs is 1. The summed E-state index contributed by atoms with van der Waals surface area (Å²) in [5, 5.41) is 3.02. The highest BCUT2D eigenvalue weighted by molar-refractivity contribution is 5.99. The summed E-state index contributed by atoms with van der Waals surface area (Å²) in [7, 11) is 0. The van der Waals surface area contributed by atoms with Crippen molar-refractivity contribution in [2.24, 2.45) is 5.92 Å². The van der Waals surface area contributed by atoms with Gasteiger partial charge in [0.2, 0.25) is 5.91 Å². The third-order valence-electron chi connectivity index (χ3n) is 4.50. The molecular weight excluding hydrogens is 271 g/mol. The van der Waals surface area contributed by atoms with Crippen LogP contribution in [0.15, 0.2) is 18.2 Å². The third-order valence-corrected chi connectivity index (χ3v) is 4.50. The van der Waals surface area contributed by atoms with Crippen molar-refractivity contribution >= 4 is 17.4 Å². The Morgan fingerprint density at radius 3 is 2.95 bits per heavy atom. The summed E-state index contributed by atoms with van der Waals surface area (Å²) in [6, 6.07) is 4.84. The van der Waals surface area contributed by atoms with Crippen molar-refractivity contribution in [1.82, 2.24) is 5.32 Å². The highest BCUT2D eigenvalue weighted by atomic mass is 19.1. The second-order valence-electron chi connectivity index (χ2n) is 5.90. The van der Waals surface area contributed by atoms with Gasteiger partial charge >= 0.3 is 0 Å². The number of anilines is 1. The molecule has 0 aromatic heterocycles. The smallest absolute Gasteiger partial charge is 0.220 e. The molecule has 1 aromatic carbocycles. The van der Waals surface area contributed by atoms with E-state index in [0.29, 0.717) is 36.7 Å². The Morgan fingerprint density at radius 1 is 1.38 bits per heavy atom. The minimum absolute atomic E-state index is 0.111.